The van der Waals surface area contributed by atoms with E-state index in [1.54, 1.807) is 25.3 Å². The lowest BCUT2D eigenvalue weighted by Gasteiger charge is -2.06. The number of hydrogen-bond acceptors (Lipinski definition) is 4. The molecule has 3 aromatic rings. The Morgan fingerprint density at radius 1 is 1.29 bits per heavy atom. The number of thiazole rings is 1. The van der Waals surface area contributed by atoms with Crippen molar-refractivity contribution < 1.29 is 14.3 Å². The van der Waals surface area contributed by atoms with Crippen LogP contribution in [-0.4, -0.2) is 24.2 Å². The number of carbonyl (C=O) groups is 1. The second kappa shape index (κ2) is 9.25. The fraction of sp³-hybridized carbons (Fsp3) is 0.273. The van der Waals surface area contributed by atoms with E-state index >= 15 is 0 Å². The number of nitrogens with zero attached hydrogens (tertiary/aromatic N) is 2. The Morgan fingerprint density at radius 3 is 2.86 bits per heavy atom. The summed E-state index contributed by atoms with van der Waals surface area (Å²) in [4.78, 5) is 17.6. The number of para-hydroxylation sites is 1. The summed E-state index contributed by atoms with van der Waals surface area (Å²) >= 11 is 1.41. The number of aromatic nitrogens is 1. The Labute approximate surface area is 168 Å². The van der Waals surface area contributed by atoms with Gasteiger partial charge in [0.25, 0.3) is 5.91 Å². The number of hydrogen-bond donors (Lipinski definition) is 0. The molecule has 0 aliphatic heterocycles. The predicted octanol–water partition coefficient (Wildman–Crippen LogP) is 4.26. The monoisotopic (exact) mass is 394 g/mol. The van der Waals surface area contributed by atoms with Crippen LogP contribution in [0.1, 0.15) is 30.1 Å². The molecule has 0 atom stereocenters. The van der Waals surface area contributed by atoms with Crippen molar-refractivity contribution >= 4 is 27.5 Å². The van der Waals surface area contributed by atoms with Gasteiger partial charge in [-0.25, -0.2) is 0 Å². The van der Waals surface area contributed by atoms with Gasteiger partial charge in [0.2, 0.25) is 0 Å². The molecular formula is C22H22N2O3S. The minimum atomic E-state index is -0.336. The van der Waals surface area contributed by atoms with Crippen molar-refractivity contribution in [1.82, 2.24) is 4.57 Å². The molecule has 0 N–H and O–H groups in total. The van der Waals surface area contributed by atoms with Crippen LogP contribution in [0.3, 0.4) is 0 Å². The van der Waals surface area contributed by atoms with Crippen molar-refractivity contribution in [2.45, 2.75) is 26.3 Å². The van der Waals surface area contributed by atoms with Gasteiger partial charge in [-0.1, -0.05) is 42.7 Å². The number of unbranched alkanes of at least 4 members (excludes halogenated alkanes) is 1. The molecule has 0 unspecified atom stereocenters. The number of methoxy groups -OCH3 is 1. The Kier molecular flexibility index (Phi) is 6.51. The number of ether oxygens (including phenoxy) is 2. The van der Waals surface area contributed by atoms with Crippen molar-refractivity contribution in [2.75, 3.05) is 13.7 Å². The zero-order valence-electron chi connectivity index (χ0n) is 16.0. The maximum atomic E-state index is 12.8. The molecule has 0 radical (unpaired) electrons. The van der Waals surface area contributed by atoms with Crippen LogP contribution in [0.4, 0.5) is 0 Å². The van der Waals surface area contributed by atoms with Crippen molar-refractivity contribution in [1.29, 1.82) is 0 Å². The third-order valence-corrected chi connectivity index (χ3v) is 5.22. The van der Waals surface area contributed by atoms with Crippen molar-refractivity contribution in [3.8, 4) is 23.8 Å². The van der Waals surface area contributed by atoms with Gasteiger partial charge in [0.1, 0.15) is 17.0 Å². The van der Waals surface area contributed by atoms with E-state index in [9.17, 15) is 4.79 Å². The summed E-state index contributed by atoms with van der Waals surface area (Å²) in [5, 5.41) is 0. The number of fused-ring (bicyclic) bond motifs is 1. The van der Waals surface area contributed by atoms with Gasteiger partial charge in [0.15, 0.2) is 4.80 Å². The van der Waals surface area contributed by atoms with Crippen molar-refractivity contribution in [3.05, 3.63) is 52.8 Å². The van der Waals surface area contributed by atoms with E-state index in [-0.39, 0.29) is 5.91 Å². The van der Waals surface area contributed by atoms with Gasteiger partial charge in [-0.15, -0.1) is 6.42 Å². The quantitative estimate of drug-likeness (QED) is 0.444. The maximum Gasteiger partial charge on any atom is 0.279 e. The third-order valence-electron chi connectivity index (χ3n) is 4.18. The summed E-state index contributed by atoms with van der Waals surface area (Å²) < 4.78 is 13.9. The Balaban J connectivity index is 2.00. The number of carbonyl (C=O) groups excluding carboxylic acids is 1. The highest BCUT2D eigenvalue weighted by Crippen LogP contribution is 2.27. The smallest absolute Gasteiger partial charge is 0.279 e. The molecule has 0 spiro atoms. The highest BCUT2D eigenvalue weighted by Gasteiger charge is 2.12. The summed E-state index contributed by atoms with van der Waals surface area (Å²) in [7, 11) is 1.61. The predicted molar refractivity (Wildman–Crippen MR) is 112 cm³/mol. The van der Waals surface area contributed by atoms with Gasteiger partial charge >= 0.3 is 0 Å². The maximum absolute atomic E-state index is 12.8. The lowest BCUT2D eigenvalue weighted by atomic mass is 10.2. The molecule has 0 bridgehead atoms. The van der Waals surface area contributed by atoms with Crippen LogP contribution in [0.5, 0.6) is 11.5 Å². The molecule has 144 valence electrons. The van der Waals surface area contributed by atoms with Crippen LogP contribution in [0.25, 0.3) is 10.2 Å². The van der Waals surface area contributed by atoms with Gasteiger partial charge < -0.3 is 14.0 Å². The molecule has 1 amide bonds. The average molecular weight is 394 g/mol. The SMILES string of the molecule is C#CCn1c(=NC(=O)c2cccc(OCCCC)c2)sc2cccc(OC)c21. The highest BCUT2D eigenvalue weighted by atomic mass is 32.1. The first-order valence-corrected chi connectivity index (χ1v) is 9.91. The van der Waals surface area contributed by atoms with E-state index in [1.165, 1.54) is 11.3 Å². The first-order valence-electron chi connectivity index (χ1n) is 9.09. The van der Waals surface area contributed by atoms with E-state index < -0.39 is 0 Å². The van der Waals surface area contributed by atoms with Gasteiger partial charge in [-0.2, -0.15) is 4.99 Å². The van der Waals surface area contributed by atoms with Gasteiger partial charge in [0.05, 0.1) is 25.0 Å². The first-order chi connectivity index (χ1) is 13.7. The number of amides is 1. The molecule has 0 aliphatic rings. The van der Waals surface area contributed by atoms with E-state index in [2.05, 4.69) is 17.8 Å². The minimum Gasteiger partial charge on any atom is -0.495 e. The van der Waals surface area contributed by atoms with E-state index in [1.807, 2.05) is 28.8 Å². The van der Waals surface area contributed by atoms with Crippen LogP contribution >= 0.6 is 11.3 Å². The second-order valence-electron chi connectivity index (χ2n) is 6.13. The molecule has 0 saturated carbocycles. The summed E-state index contributed by atoms with van der Waals surface area (Å²) in [6.45, 7) is 3.03. The lowest BCUT2D eigenvalue weighted by molar-refractivity contribution is 0.0997. The normalized spacial score (nSPS) is 11.4. The molecular weight excluding hydrogens is 372 g/mol. The molecule has 1 aromatic heterocycles. The number of benzene rings is 2. The van der Waals surface area contributed by atoms with Gasteiger partial charge in [0, 0.05) is 5.56 Å². The van der Waals surface area contributed by atoms with Crippen LogP contribution in [-0.2, 0) is 6.54 Å². The Morgan fingerprint density at radius 2 is 2.11 bits per heavy atom. The summed E-state index contributed by atoms with van der Waals surface area (Å²) in [5.41, 5.74) is 1.32. The van der Waals surface area contributed by atoms with Crippen LogP contribution < -0.4 is 14.3 Å². The third kappa shape index (κ3) is 4.26. The molecule has 28 heavy (non-hydrogen) atoms. The number of rotatable bonds is 7. The van der Waals surface area contributed by atoms with Crippen molar-refractivity contribution in [3.63, 3.8) is 0 Å². The Hall–Kier alpha value is -3.04. The zero-order valence-corrected chi connectivity index (χ0v) is 16.8. The molecule has 0 aliphatic carbocycles. The average Bonchev–Trinajstić information content (AvgIpc) is 3.06. The molecule has 2 aromatic carbocycles. The summed E-state index contributed by atoms with van der Waals surface area (Å²) in [6, 6.07) is 12.8. The highest BCUT2D eigenvalue weighted by molar-refractivity contribution is 7.16. The summed E-state index contributed by atoms with van der Waals surface area (Å²) in [5.74, 6) is 3.66. The lowest BCUT2D eigenvalue weighted by Crippen LogP contribution is -2.16. The van der Waals surface area contributed by atoms with Crippen molar-refractivity contribution in [2.24, 2.45) is 4.99 Å². The fourth-order valence-corrected chi connectivity index (χ4v) is 3.84. The fourth-order valence-electron chi connectivity index (χ4n) is 2.79. The second-order valence-corrected chi connectivity index (χ2v) is 7.14. The van der Waals surface area contributed by atoms with Gasteiger partial charge in [-0.05, 0) is 36.8 Å². The Bertz CT molecular complexity index is 1090. The van der Waals surface area contributed by atoms with Crippen LogP contribution in [0.2, 0.25) is 0 Å². The van der Waals surface area contributed by atoms with E-state index in [0.29, 0.717) is 35.0 Å². The summed E-state index contributed by atoms with van der Waals surface area (Å²) in [6.07, 6.45) is 7.57. The number of terminal acetylenes is 1. The first kappa shape index (κ1) is 19.7. The van der Waals surface area contributed by atoms with E-state index in [0.717, 1.165) is 23.1 Å². The molecule has 5 nitrogen and oxygen atoms in total. The molecule has 6 heteroatoms. The van der Waals surface area contributed by atoms with Crippen LogP contribution in [0.15, 0.2) is 47.5 Å². The minimum absolute atomic E-state index is 0.298. The van der Waals surface area contributed by atoms with Crippen LogP contribution in [0, 0.1) is 12.3 Å². The molecule has 0 fully saturated rings. The standard InChI is InChI=1S/C22H22N2O3S/c1-4-6-14-27-17-10-7-9-16(15-17)21(25)23-22-24(13-5-2)20-18(26-3)11-8-12-19(20)28-22/h2,7-12,15H,4,6,13-14H2,1,3H3. The molecule has 3 rings (SSSR count). The zero-order chi connectivity index (χ0) is 19.9. The largest absolute Gasteiger partial charge is 0.495 e. The van der Waals surface area contributed by atoms with E-state index in [4.69, 9.17) is 15.9 Å². The van der Waals surface area contributed by atoms with Gasteiger partial charge in [-0.3, -0.25) is 4.79 Å². The topological polar surface area (TPSA) is 52.8 Å². The molecule has 0 saturated heterocycles. The molecule has 1 heterocycles.